The molecule has 5 rings (SSSR count). The van der Waals surface area contributed by atoms with Crippen molar-refractivity contribution in [1.82, 2.24) is 19.5 Å². The maximum atomic E-state index is 6.26. The summed E-state index contributed by atoms with van der Waals surface area (Å²) in [6, 6.07) is 5.77. The second-order valence-electron chi connectivity index (χ2n) is 8.94. The van der Waals surface area contributed by atoms with Gasteiger partial charge in [-0.15, -0.1) is 0 Å². The lowest BCUT2D eigenvalue weighted by atomic mass is 10.1. The molecule has 1 saturated heterocycles. The van der Waals surface area contributed by atoms with Crippen molar-refractivity contribution in [2.75, 3.05) is 26.1 Å². The number of methoxy groups -OCH3 is 2. The molecule has 0 spiro atoms. The summed E-state index contributed by atoms with van der Waals surface area (Å²) in [6.45, 7) is 4.95. The van der Waals surface area contributed by atoms with Gasteiger partial charge in [-0.3, -0.25) is 0 Å². The van der Waals surface area contributed by atoms with Gasteiger partial charge in [0.15, 0.2) is 17.3 Å². The van der Waals surface area contributed by atoms with E-state index in [0.29, 0.717) is 24.4 Å². The Morgan fingerprint density at radius 2 is 1.97 bits per heavy atom. The molecule has 0 radical (unpaired) electrons. The zero-order valence-corrected chi connectivity index (χ0v) is 19.3. The summed E-state index contributed by atoms with van der Waals surface area (Å²) in [7, 11) is 3.27. The molecule has 3 heterocycles. The van der Waals surface area contributed by atoms with Crippen molar-refractivity contribution in [1.29, 1.82) is 0 Å². The van der Waals surface area contributed by atoms with Crippen molar-refractivity contribution in [2.24, 2.45) is 11.7 Å². The highest BCUT2D eigenvalue weighted by Crippen LogP contribution is 2.47. The van der Waals surface area contributed by atoms with Gasteiger partial charge in [-0.25, -0.2) is 15.0 Å². The van der Waals surface area contributed by atoms with Crippen molar-refractivity contribution in [3.63, 3.8) is 0 Å². The minimum absolute atomic E-state index is 0.0329. The highest BCUT2D eigenvalue weighted by molar-refractivity contribution is 5.82. The average molecular weight is 455 g/mol. The lowest BCUT2D eigenvalue weighted by Crippen LogP contribution is -2.29. The van der Waals surface area contributed by atoms with E-state index in [1.807, 2.05) is 38.4 Å². The van der Waals surface area contributed by atoms with E-state index in [1.54, 1.807) is 20.5 Å². The lowest BCUT2D eigenvalue weighted by molar-refractivity contribution is -0.159. The van der Waals surface area contributed by atoms with Crippen molar-refractivity contribution in [3.05, 3.63) is 36.4 Å². The zero-order chi connectivity index (χ0) is 23.2. The molecule has 0 amide bonds. The molecule has 10 heteroatoms. The molecular formula is C23H30N6O4. The van der Waals surface area contributed by atoms with Crippen LogP contribution in [0, 0.1) is 5.92 Å². The normalized spacial score (nSPS) is 25.8. The largest absolute Gasteiger partial charge is 0.497 e. The Morgan fingerprint density at radius 3 is 2.73 bits per heavy atom. The number of hydrogen-bond donors (Lipinski definition) is 2. The molecule has 176 valence electrons. The smallest absolute Gasteiger partial charge is 0.165 e. The Labute approximate surface area is 192 Å². The summed E-state index contributed by atoms with van der Waals surface area (Å²) in [5.74, 6) is 1.73. The lowest BCUT2D eigenvalue weighted by Gasteiger charge is -2.23. The van der Waals surface area contributed by atoms with E-state index in [2.05, 4.69) is 24.8 Å². The summed E-state index contributed by atoms with van der Waals surface area (Å²) in [4.78, 5) is 13.6. The molecule has 3 N–H and O–H groups in total. The Kier molecular flexibility index (Phi) is 5.59. The molecular weight excluding hydrogens is 424 g/mol. The molecule has 4 unspecified atom stereocenters. The van der Waals surface area contributed by atoms with Crippen molar-refractivity contribution < 1.29 is 18.9 Å². The average Bonchev–Trinajstić information content (AvgIpc) is 3.48. The SMILES string of the molecule is COc1ccc(CNc2ncnc3c2ncn3C2CC(CN)C3OC(C)(C)OC32)c(OC)c1. The first-order valence-corrected chi connectivity index (χ1v) is 11.1. The quantitative estimate of drug-likeness (QED) is 0.555. The van der Waals surface area contributed by atoms with Crippen LogP contribution in [0.15, 0.2) is 30.9 Å². The van der Waals surface area contributed by atoms with Crippen LogP contribution in [-0.4, -0.2) is 58.3 Å². The van der Waals surface area contributed by atoms with E-state index in [-0.39, 0.29) is 24.2 Å². The molecule has 3 aromatic rings. The van der Waals surface area contributed by atoms with Crippen molar-refractivity contribution in [3.8, 4) is 11.5 Å². The predicted octanol–water partition coefficient (Wildman–Crippen LogP) is 2.50. The molecule has 1 aromatic carbocycles. The number of ether oxygens (including phenoxy) is 4. The van der Waals surface area contributed by atoms with Gasteiger partial charge < -0.3 is 34.6 Å². The van der Waals surface area contributed by atoms with Crippen LogP contribution in [0.5, 0.6) is 11.5 Å². The molecule has 33 heavy (non-hydrogen) atoms. The first-order chi connectivity index (χ1) is 15.9. The van der Waals surface area contributed by atoms with Gasteiger partial charge in [0.2, 0.25) is 0 Å². The Bertz CT molecular complexity index is 1150. The van der Waals surface area contributed by atoms with Gasteiger partial charge in [-0.2, -0.15) is 0 Å². The summed E-state index contributed by atoms with van der Waals surface area (Å²) in [6.07, 6.45) is 4.09. The van der Waals surface area contributed by atoms with Crippen molar-refractivity contribution >= 4 is 17.0 Å². The number of nitrogens with two attached hydrogens (primary N) is 1. The van der Waals surface area contributed by atoms with E-state index in [0.717, 1.165) is 29.1 Å². The van der Waals surface area contributed by atoms with E-state index < -0.39 is 5.79 Å². The summed E-state index contributed by atoms with van der Waals surface area (Å²) in [5.41, 5.74) is 8.49. The Hall–Kier alpha value is -2.95. The maximum Gasteiger partial charge on any atom is 0.165 e. The molecule has 0 bridgehead atoms. The van der Waals surface area contributed by atoms with Gasteiger partial charge in [0.25, 0.3) is 0 Å². The minimum atomic E-state index is -0.628. The van der Waals surface area contributed by atoms with Crippen LogP contribution in [0.2, 0.25) is 0 Å². The molecule has 1 saturated carbocycles. The first kappa shape index (κ1) is 21.9. The Morgan fingerprint density at radius 1 is 1.15 bits per heavy atom. The summed E-state index contributed by atoms with van der Waals surface area (Å²) < 4.78 is 25.3. The number of rotatable bonds is 7. The van der Waals surface area contributed by atoms with Crippen LogP contribution in [0.3, 0.4) is 0 Å². The number of fused-ring (bicyclic) bond motifs is 2. The number of aromatic nitrogens is 4. The van der Waals surface area contributed by atoms with Crippen molar-refractivity contribution in [2.45, 2.75) is 50.8 Å². The molecule has 2 fully saturated rings. The third-order valence-corrected chi connectivity index (χ3v) is 6.51. The minimum Gasteiger partial charge on any atom is -0.497 e. The first-order valence-electron chi connectivity index (χ1n) is 11.1. The van der Waals surface area contributed by atoms with Crippen LogP contribution in [0.1, 0.15) is 31.9 Å². The standard InChI is InChI=1S/C23H30N6O4/c1-23(2)32-19-14(9-24)7-16(20(19)33-23)29-12-28-18-21(26-11-27-22(18)29)25-10-13-5-6-15(30-3)8-17(13)31-4/h5-6,8,11-12,14,16,19-20H,7,9-10,24H2,1-4H3,(H,25,26,27). The number of benzene rings is 1. The summed E-state index contributed by atoms with van der Waals surface area (Å²) in [5, 5.41) is 3.38. The predicted molar refractivity (Wildman–Crippen MR) is 122 cm³/mol. The molecule has 10 nitrogen and oxygen atoms in total. The van der Waals surface area contributed by atoms with E-state index in [1.165, 1.54) is 0 Å². The fourth-order valence-electron chi connectivity index (χ4n) is 4.96. The second kappa shape index (κ2) is 8.44. The van der Waals surface area contributed by atoms with Gasteiger partial charge in [0.05, 0.1) is 32.7 Å². The maximum absolute atomic E-state index is 6.26. The third-order valence-electron chi connectivity index (χ3n) is 6.51. The van der Waals surface area contributed by atoms with E-state index >= 15 is 0 Å². The molecule has 4 atom stereocenters. The highest BCUT2D eigenvalue weighted by atomic mass is 16.8. The number of hydrogen-bond acceptors (Lipinski definition) is 9. The molecule has 1 aliphatic heterocycles. The highest BCUT2D eigenvalue weighted by Gasteiger charge is 2.54. The fourth-order valence-corrected chi connectivity index (χ4v) is 4.96. The van der Waals surface area contributed by atoms with E-state index in [4.69, 9.17) is 24.7 Å². The van der Waals surface area contributed by atoms with Crippen LogP contribution in [0.4, 0.5) is 5.82 Å². The van der Waals surface area contributed by atoms with Crippen LogP contribution < -0.4 is 20.5 Å². The summed E-state index contributed by atoms with van der Waals surface area (Å²) >= 11 is 0. The molecule has 2 aliphatic rings. The van der Waals surface area contributed by atoms with Gasteiger partial charge in [0.1, 0.15) is 29.4 Å². The van der Waals surface area contributed by atoms with Gasteiger partial charge in [0, 0.05) is 24.1 Å². The fraction of sp³-hybridized carbons (Fsp3) is 0.522. The second-order valence-corrected chi connectivity index (χ2v) is 8.94. The topological polar surface area (TPSA) is 119 Å². The Balaban J connectivity index is 1.41. The van der Waals surface area contributed by atoms with E-state index in [9.17, 15) is 0 Å². The van der Waals surface area contributed by atoms with Gasteiger partial charge in [-0.05, 0) is 38.9 Å². The van der Waals surface area contributed by atoms with Crippen LogP contribution in [0.25, 0.3) is 11.2 Å². The molecule has 2 aromatic heterocycles. The monoisotopic (exact) mass is 454 g/mol. The number of anilines is 1. The van der Waals surface area contributed by atoms with Crippen LogP contribution >= 0.6 is 0 Å². The number of nitrogens with one attached hydrogen (secondary N) is 1. The van der Waals surface area contributed by atoms with Gasteiger partial charge in [-0.1, -0.05) is 0 Å². The van der Waals surface area contributed by atoms with Gasteiger partial charge >= 0.3 is 0 Å². The van der Waals surface area contributed by atoms with Crippen LogP contribution in [-0.2, 0) is 16.0 Å². The third kappa shape index (κ3) is 3.88. The molecule has 1 aliphatic carbocycles. The number of imidazole rings is 1. The number of nitrogens with zero attached hydrogens (tertiary/aromatic N) is 4. The zero-order valence-electron chi connectivity index (χ0n) is 19.3.